The van der Waals surface area contributed by atoms with Crippen LogP contribution >= 0.6 is 23.2 Å². The van der Waals surface area contributed by atoms with E-state index < -0.39 is 12.0 Å². The quantitative estimate of drug-likeness (QED) is 0.842. The number of carboxylic acids is 1. The maximum atomic E-state index is 11.3. The average molecular weight is 322 g/mol. The number of aliphatic carboxylic acids is 1. The predicted molar refractivity (Wildman–Crippen MR) is 85.6 cm³/mol. The van der Waals surface area contributed by atoms with Crippen LogP contribution in [0, 0.1) is 0 Å². The normalized spacial score (nSPS) is 12.5. The first-order valence-corrected chi connectivity index (χ1v) is 7.07. The monoisotopic (exact) mass is 321 g/mol. The van der Waals surface area contributed by atoms with Crippen molar-refractivity contribution in [3.63, 3.8) is 0 Å². The molecule has 0 saturated heterocycles. The van der Waals surface area contributed by atoms with Crippen LogP contribution in [0.4, 0.5) is 0 Å². The molecule has 0 aromatic heterocycles. The maximum absolute atomic E-state index is 11.3. The molecule has 108 valence electrons. The third kappa shape index (κ3) is 4.31. The molecule has 2 aromatic carbocycles. The summed E-state index contributed by atoms with van der Waals surface area (Å²) in [5, 5.41) is 10.2. The van der Waals surface area contributed by atoms with Crippen LogP contribution in [0.15, 0.2) is 53.5 Å². The molecule has 0 aliphatic carbocycles. The van der Waals surface area contributed by atoms with Crippen molar-refractivity contribution in [2.24, 2.45) is 4.99 Å². The molecule has 0 saturated carbocycles. The summed E-state index contributed by atoms with van der Waals surface area (Å²) in [5.74, 6) is -0.988. The van der Waals surface area contributed by atoms with E-state index in [2.05, 4.69) is 4.99 Å². The van der Waals surface area contributed by atoms with Crippen molar-refractivity contribution in [2.75, 3.05) is 0 Å². The average Bonchev–Trinajstić information content (AvgIpc) is 2.46. The van der Waals surface area contributed by atoms with Gasteiger partial charge in [0, 0.05) is 18.2 Å². The number of carboxylic acid groups (broad SMARTS) is 1. The molecule has 1 atom stereocenters. The van der Waals surface area contributed by atoms with Gasteiger partial charge in [-0.2, -0.15) is 0 Å². The largest absolute Gasteiger partial charge is 0.480 e. The molecule has 0 aliphatic heterocycles. The van der Waals surface area contributed by atoms with Gasteiger partial charge < -0.3 is 5.11 Å². The number of benzene rings is 2. The van der Waals surface area contributed by atoms with E-state index in [1.807, 2.05) is 30.3 Å². The molecule has 0 aliphatic rings. The van der Waals surface area contributed by atoms with Gasteiger partial charge in [-0.1, -0.05) is 59.6 Å². The van der Waals surface area contributed by atoms with Crippen molar-refractivity contribution in [1.82, 2.24) is 0 Å². The lowest BCUT2D eigenvalue weighted by atomic mass is 10.1. The second-order valence-electron chi connectivity index (χ2n) is 4.46. The van der Waals surface area contributed by atoms with Crippen molar-refractivity contribution in [3.8, 4) is 0 Å². The van der Waals surface area contributed by atoms with Crippen LogP contribution < -0.4 is 0 Å². The minimum Gasteiger partial charge on any atom is -0.480 e. The molecular weight excluding hydrogens is 309 g/mol. The SMILES string of the molecule is O=C(O)[C@H](Cc1ccccc1)N=Cc1c(Cl)cccc1Cl. The Morgan fingerprint density at radius 2 is 1.71 bits per heavy atom. The van der Waals surface area contributed by atoms with Gasteiger partial charge in [0.05, 0.1) is 10.0 Å². The zero-order valence-corrected chi connectivity index (χ0v) is 12.6. The zero-order chi connectivity index (χ0) is 15.2. The van der Waals surface area contributed by atoms with Gasteiger partial charge in [-0.15, -0.1) is 0 Å². The van der Waals surface area contributed by atoms with Gasteiger partial charge in [-0.05, 0) is 17.7 Å². The van der Waals surface area contributed by atoms with Gasteiger partial charge in [-0.3, -0.25) is 4.99 Å². The highest BCUT2D eigenvalue weighted by atomic mass is 35.5. The van der Waals surface area contributed by atoms with E-state index in [0.717, 1.165) is 5.56 Å². The number of aliphatic imine (C=N–C) groups is 1. The second kappa shape index (κ2) is 7.25. The minimum absolute atomic E-state index is 0.314. The molecule has 2 rings (SSSR count). The molecule has 0 heterocycles. The predicted octanol–water partition coefficient (Wildman–Crippen LogP) is 4.11. The Morgan fingerprint density at radius 3 is 2.29 bits per heavy atom. The summed E-state index contributed by atoms with van der Waals surface area (Å²) in [6, 6.07) is 13.6. The molecule has 21 heavy (non-hydrogen) atoms. The standard InChI is InChI=1S/C16H13Cl2NO2/c17-13-7-4-8-14(18)12(13)10-19-15(16(20)21)9-11-5-2-1-3-6-11/h1-8,10,15H,9H2,(H,20,21)/t15-/m0/s1. The first kappa shape index (κ1) is 15.5. The fourth-order valence-corrected chi connectivity index (χ4v) is 2.33. The fraction of sp³-hybridized carbons (Fsp3) is 0.125. The smallest absolute Gasteiger partial charge is 0.328 e. The van der Waals surface area contributed by atoms with Crippen molar-refractivity contribution in [1.29, 1.82) is 0 Å². The molecule has 3 nitrogen and oxygen atoms in total. The lowest BCUT2D eigenvalue weighted by molar-refractivity contribution is -0.138. The van der Waals surface area contributed by atoms with Crippen LogP contribution in [0.25, 0.3) is 0 Å². The summed E-state index contributed by atoms with van der Waals surface area (Å²) in [6.07, 6.45) is 1.74. The Morgan fingerprint density at radius 1 is 1.10 bits per heavy atom. The van der Waals surface area contributed by atoms with Crippen molar-refractivity contribution < 1.29 is 9.90 Å². The van der Waals surface area contributed by atoms with Gasteiger partial charge in [0.25, 0.3) is 0 Å². The first-order valence-electron chi connectivity index (χ1n) is 6.32. The molecule has 0 spiro atoms. The Labute approximate surface area is 132 Å². The molecule has 5 heteroatoms. The van der Waals surface area contributed by atoms with E-state index in [0.29, 0.717) is 22.0 Å². The van der Waals surface area contributed by atoms with Gasteiger partial charge in [0.2, 0.25) is 0 Å². The number of hydrogen-bond donors (Lipinski definition) is 1. The third-order valence-corrected chi connectivity index (χ3v) is 3.60. The highest BCUT2D eigenvalue weighted by Gasteiger charge is 2.16. The third-order valence-electron chi connectivity index (χ3n) is 2.94. The highest BCUT2D eigenvalue weighted by molar-refractivity contribution is 6.38. The minimum atomic E-state index is -0.988. The molecular formula is C16H13Cl2NO2. The molecule has 0 radical (unpaired) electrons. The second-order valence-corrected chi connectivity index (χ2v) is 5.27. The van der Waals surface area contributed by atoms with Crippen LogP contribution in [0.2, 0.25) is 10.0 Å². The Balaban J connectivity index is 2.20. The van der Waals surface area contributed by atoms with Crippen molar-refractivity contribution >= 4 is 35.4 Å². The fourth-order valence-electron chi connectivity index (χ4n) is 1.84. The van der Waals surface area contributed by atoms with Gasteiger partial charge >= 0.3 is 5.97 Å². The van der Waals surface area contributed by atoms with E-state index >= 15 is 0 Å². The zero-order valence-electron chi connectivity index (χ0n) is 11.0. The number of halogens is 2. The summed E-state index contributed by atoms with van der Waals surface area (Å²) in [4.78, 5) is 15.4. The van der Waals surface area contributed by atoms with Crippen LogP contribution in [0.3, 0.4) is 0 Å². The Kier molecular flexibility index (Phi) is 5.37. The summed E-state index contributed by atoms with van der Waals surface area (Å²) in [6.45, 7) is 0. The number of rotatable bonds is 5. The van der Waals surface area contributed by atoms with E-state index in [1.165, 1.54) is 6.21 Å². The summed E-state index contributed by atoms with van der Waals surface area (Å²) < 4.78 is 0. The molecule has 0 bridgehead atoms. The number of carbonyl (C=O) groups is 1. The van der Waals surface area contributed by atoms with Crippen molar-refractivity contribution in [2.45, 2.75) is 12.5 Å². The lowest BCUT2D eigenvalue weighted by Gasteiger charge is -2.08. The molecule has 1 N–H and O–H groups in total. The summed E-state index contributed by atoms with van der Waals surface area (Å²) >= 11 is 12.1. The summed E-state index contributed by atoms with van der Waals surface area (Å²) in [7, 11) is 0. The van der Waals surface area contributed by atoms with E-state index in [1.54, 1.807) is 18.2 Å². The Bertz CT molecular complexity index is 636. The lowest BCUT2D eigenvalue weighted by Crippen LogP contribution is -2.21. The first-order chi connectivity index (χ1) is 10.1. The topological polar surface area (TPSA) is 49.7 Å². The van der Waals surface area contributed by atoms with Crippen LogP contribution in [0.5, 0.6) is 0 Å². The number of hydrogen-bond acceptors (Lipinski definition) is 2. The van der Waals surface area contributed by atoms with Crippen molar-refractivity contribution in [3.05, 3.63) is 69.7 Å². The van der Waals surface area contributed by atoms with Crippen LogP contribution in [-0.4, -0.2) is 23.3 Å². The van der Waals surface area contributed by atoms with Crippen LogP contribution in [0.1, 0.15) is 11.1 Å². The molecule has 0 amide bonds. The highest BCUT2D eigenvalue weighted by Crippen LogP contribution is 2.22. The molecule has 0 fully saturated rings. The number of nitrogens with zero attached hydrogens (tertiary/aromatic N) is 1. The molecule has 0 unspecified atom stereocenters. The van der Waals surface area contributed by atoms with E-state index in [9.17, 15) is 9.90 Å². The van der Waals surface area contributed by atoms with E-state index in [4.69, 9.17) is 23.2 Å². The Hall–Kier alpha value is -1.84. The van der Waals surface area contributed by atoms with Gasteiger partial charge in [-0.25, -0.2) is 4.79 Å². The van der Waals surface area contributed by atoms with E-state index in [-0.39, 0.29) is 0 Å². The molecule has 2 aromatic rings. The summed E-state index contributed by atoms with van der Waals surface area (Å²) in [5.41, 5.74) is 1.44. The maximum Gasteiger partial charge on any atom is 0.328 e. The van der Waals surface area contributed by atoms with Gasteiger partial charge in [0.15, 0.2) is 6.04 Å². The van der Waals surface area contributed by atoms with Gasteiger partial charge in [0.1, 0.15) is 0 Å². The van der Waals surface area contributed by atoms with Crippen LogP contribution in [-0.2, 0) is 11.2 Å².